The van der Waals surface area contributed by atoms with Crippen molar-refractivity contribution in [3.63, 3.8) is 0 Å². The monoisotopic (exact) mass is 348 g/mol. The van der Waals surface area contributed by atoms with Crippen molar-refractivity contribution in [3.8, 4) is 0 Å². The fraction of sp³-hybridized carbons (Fsp3) is 0.667. The Hall–Kier alpha value is -2.02. The second-order valence-electron chi connectivity index (χ2n) is 6.88. The van der Waals surface area contributed by atoms with Gasteiger partial charge in [-0.15, -0.1) is 0 Å². The van der Waals surface area contributed by atoms with Crippen molar-refractivity contribution in [2.24, 2.45) is 5.41 Å². The number of amides is 2. The van der Waals surface area contributed by atoms with Crippen molar-refractivity contribution in [2.75, 3.05) is 40.9 Å². The Kier molecular flexibility index (Phi) is 6.87. The molecule has 0 bridgehead atoms. The summed E-state index contributed by atoms with van der Waals surface area (Å²) in [6, 6.07) is 0. The number of rotatable bonds is 7. The number of nitrogens with zero attached hydrogens (tertiary/aromatic N) is 4. The van der Waals surface area contributed by atoms with E-state index in [-0.39, 0.29) is 18.4 Å². The number of aryl methyl sites for hydroxylation is 1. The minimum Gasteiger partial charge on any atom is -0.375 e. The molecule has 1 aliphatic rings. The predicted octanol–water partition coefficient (Wildman–Crippen LogP) is 1.14. The van der Waals surface area contributed by atoms with E-state index in [1.165, 1.54) is 7.11 Å². The molecule has 25 heavy (non-hydrogen) atoms. The van der Waals surface area contributed by atoms with Crippen molar-refractivity contribution in [1.29, 1.82) is 0 Å². The van der Waals surface area contributed by atoms with Crippen LogP contribution < -0.4 is 0 Å². The first-order valence-corrected chi connectivity index (χ1v) is 8.72. The third kappa shape index (κ3) is 4.98. The minimum atomic E-state index is -0.520. The molecule has 0 aliphatic carbocycles. The quantitative estimate of drug-likeness (QED) is 0.739. The molecule has 0 radical (unpaired) electrons. The third-order valence-electron chi connectivity index (χ3n) is 4.76. The summed E-state index contributed by atoms with van der Waals surface area (Å²) in [5.74, 6) is 0.0496. The van der Waals surface area contributed by atoms with Crippen LogP contribution in [0.1, 0.15) is 31.4 Å². The van der Waals surface area contributed by atoms with Crippen molar-refractivity contribution >= 4 is 11.8 Å². The first-order chi connectivity index (χ1) is 12.0. The van der Waals surface area contributed by atoms with Gasteiger partial charge in [0.2, 0.25) is 11.8 Å². The van der Waals surface area contributed by atoms with Gasteiger partial charge in [0.25, 0.3) is 0 Å². The van der Waals surface area contributed by atoms with Gasteiger partial charge in [0, 0.05) is 52.9 Å². The number of piperidine rings is 1. The summed E-state index contributed by atoms with van der Waals surface area (Å²) in [6.07, 6.45) is 9.09. The number of ether oxygens (including phenoxy) is 1. The van der Waals surface area contributed by atoms with Crippen LogP contribution in [0.15, 0.2) is 18.6 Å². The molecule has 0 N–H and O–H groups in total. The maximum Gasteiger partial charge on any atom is 0.248 e. The summed E-state index contributed by atoms with van der Waals surface area (Å²) in [6.45, 7) is 1.22. The molecule has 1 saturated heterocycles. The summed E-state index contributed by atoms with van der Waals surface area (Å²) in [5.41, 5.74) is 0.408. The van der Waals surface area contributed by atoms with Crippen LogP contribution in [0.3, 0.4) is 0 Å². The zero-order chi connectivity index (χ0) is 18.3. The fourth-order valence-electron chi connectivity index (χ4n) is 3.59. The van der Waals surface area contributed by atoms with E-state index in [4.69, 9.17) is 4.74 Å². The van der Waals surface area contributed by atoms with Gasteiger partial charge in [-0.05, 0) is 32.1 Å². The van der Waals surface area contributed by atoms with E-state index in [0.29, 0.717) is 13.1 Å². The largest absolute Gasteiger partial charge is 0.375 e. The van der Waals surface area contributed by atoms with Crippen molar-refractivity contribution in [3.05, 3.63) is 24.3 Å². The summed E-state index contributed by atoms with van der Waals surface area (Å²) in [4.78, 5) is 36.9. The van der Waals surface area contributed by atoms with Gasteiger partial charge < -0.3 is 14.5 Å². The maximum atomic E-state index is 12.9. The second-order valence-corrected chi connectivity index (χ2v) is 6.88. The highest BCUT2D eigenvalue weighted by Gasteiger charge is 2.43. The Morgan fingerprint density at radius 3 is 2.80 bits per heavy atom. The van der Waals surface area contributed by atoms with Gasteiger partial charge in [-0.25, -0.2) is 0 Å². The van der Waals surface area contributed by atoms with Crippen LogP contribution in [0.25, 0.3) is 0 Å². The number of carbonyl (C=O) groups is 2. The Labute approximate surface area is 149 Å². The Morgan fingerprint density at radius 2 is 2.16 bits per heavy atom. The summed E-state index contributed by atoms with van der Waals surface area (Å²) in [7, 11) is 5.08. The lowest BCUT2D eigenvalue weighted by molar-refractivity contribution is -0.149. The topological polar surface area (TPSA) is 75.6 Å². The molecule has 1 atom stereocenters. The maximum absolute atomic E-state index is 12.9. The van der Waals surface area contributed by atoms with Crippen molar-refractivity contribution < 1.29 is 14.3 Å². The number of likely N-dealkylation sites (tertiary alicyclic amines) is 1. The lowest BCUT2D eigenvalue weighted by Gasteiger charge is -2.43. The van der Waals surface area contributed by atoms with E-state index < -0.39 is 5.41 Å². The highest BCUT2D eigenvalue weighted by atomic mass is 16.5. The highest BCUT2D eigenvalue weighted by Crippen LogP contribution is 2.36. The van der Waals surface area contributed by atoms with Gasteiger partial charge >= 0.3 is 0 Å². The molecule has 2 heterocycles. The molecule has 2 rings (SSSR count). The molecule has 1 aromatic rings. The molecular formula is C18H28N4O3. The zero-order valence-corrected chi connectivity index (χ0v) is 15.4. The SMILES string of the molecule is COCC(=O)N1CCC[C@@](CCCc2cnccn2)(C(=O)N(C)C)C1. The first kappa shape index (κ1) is 19.3. The number of carbonyl (C=O) groups excluding carboxylic acids is 2. The summed E-state index contributed by atoms with van der Waals surface area (Å²) >= 11 is 0. The Balaban J connectivity index is 2.08. The van der Waals surface area contributed by atoms with Gasteiger partial charge in [0.05, 0.1) is 11.1 Å². The van der Waals surface area contributed by atoms with Gasteiger partial charge in [-0.1, -0.05) is 0 Å². The van der Waals surface area contributed by atoms with E-state index in [1.807, 2.05) is 0 Å². The minimum absolute atomic E-state index is 0.0490. The van der Waals surface area contributed by atoms with Gasteiger partial charge in [0.1, 0.15) is 6.61 Å². The van der Waals surface area contributed by atoms with Gasteiger partial charge in [-0.2, -0.15) is 0 Å². The molecule has 7 heteroatoms. The summed E-state index contributed by atoms with van der Waals surface area (Å²) in [5, 5.41) is 0. The van der Waals surface area contributed by atoms with Crippen molar-refractivity contribution in [1.82, 2.24) is 19.8 Å². The third-order valence-corrected chi connectivity index (χ3v) is 4.76. The van der Waals surface area contributed by atoms with Crippen LogP contribution in [0.2, 0.25) is 0 Å². The lowest BCUT2D eigenvalue weighted by Crippen LogP contribution is -2.53. The van der Waals surface area contributed by atoms with Crippen molar-refractivity contribution in [2.45, 2.75) is 32.1 Å². The fourth-order valence-corrected chi connectivity index (χ4v) is 3.59. The Morgan fingerprint density at radius 1 is 1.36 bits per heavy atom. The number of hydrogen-bond donors (Lipinski definition) is 0. The second kappa shape index (κ2) is 8.89. The van der Waals surface area contributed by atoms with Crippen LogP contribution >= 0.6 is 0 Å². The highest BCUT2D eigenvalue weighted by molar-refractivity contribution is 5.84. The Bertz CT molecular complexity index is 579. The molecule has 1 aromatic heterocycles. The lowest BCUT2D eigenvalue weighted by atomic mass is 9.74. The van der Waals surface area contributed by atoms with E-state index in [0.717, 1.165) is 37.8 Å². The van der Waals surface area contributed by atoms with Gasteiger partial charge in [0.15, 0.2) is 0 Å². The van der Waals surface area contributed by atoms with E-state index in [9.17, 15) is 9.59 Å². The van der Waals surface area contributed by atoms with Crippen LogP contribution in [-0.2, 0) is 20.7 Å². The molecular weight excluding hydrogens is 320 g/mol. The molecule has 1 aliphatic heterocycles. The number of aromatic nitrogens is 2. The molecule has 0 saturated carbocycles. The average molecular weight is 348 g/mol. The predicted molar refractivity (Wildman–Crippen MR) is 93.8 cm³/mol. The molecule has 0 aromatic carbocycles. The molecule has 7 nitrogen and oxygen atoms in total. The average Bonchev–Trinajstić information content (AvgIpc) is 2.62. The van der Waals surface area contributed by atoms with Crippen LogP contribution in [0, 0.1) is 5.41 Å². The van der Waals surface area contributed by atoms with E-state index >= 15 is 0 Å². The standard InChI is InChI=1S/C18H28N4O3/c1-21(2)17(24)18(7-4-6-15-12-19-9-10-20-15)8-5-11-22(14-18)16(23)13-25-3/h9-10,12H,4-8,11,13-14H2,1-3H3/t18-/m1/s1. The van der Waals surface area contributed by atoms with Crippen LogP contribution in [0.4, 0.5) is 0 Å². The first-order valence-electron chi connectivity index (χ1n) is 8.72. The molecule has 0 unspecified atom stereocenters. The van der Waals surface area contributed by atoms with E-state index in [2.05, 4.69) is 9.97 Å². The molecule has 0 spiro atoms. The number of hydrogen-bond acceptors (Lipinski definition) is 5. The summed E-state index contributed by atoms with van der Waals surface area (Å²) < 4.78 is 4.97. The van der Waals surface area contributed by atoms with Gasteiger partial charge in [-0.3, -0.25) is 19.6 Å². The van der Waals surface area contributed by atoms with E-state index in [1.54, 1.807) is 42.5 Å². The smallest absolute Gasteiger partial charge is 0.248 e. The molecule has 2 amide bonds. The normalized spacial score (nSPS) is 20.4. The number of methoxy groups -OCH3 is 1. The van der Waals surface area contributed by atoms with Crippen LogP contribution in [-0.4, -0.2) is 72.5 Å². The van der Waals surface area contributed by atoms with Crippen LogP contribution in [0.5, 0.6) is 0 Å². The molecule has 138 valence electrons. The zero-order valence-electron chi connectivity index (χ0n) is 15.4. The molecule has 1 fully saturated rings.